The van der Waals surface area contributed by atoms with E-state index in [1.807, 2.05) is 49.6 Å². The van der Waals surface area contributed by atoms with Crippen LogP contribution in [0.2, 0.25) is 0 Å². The number of fused-ring (bicyclic) bond motifs is 1. The maximum atomic E-state index is 11.7. The van der Waals surface area contributed by atoms with E-state index < -0.39 is 0 Å². The first-order valence-corrected chi connectivity index (χ1v) is 6.26. The molecule has 0 atom stereocenters. The van der Waals surface area contributed by atoms with Crippen LogP contribution in [0.4, 0.5) is 0 Å². The second kappa shape index (κ2) is 5.36. The van der Waals surface area contributed by atoms with Crippen LogP contribution in [0.1, 0.15) is 26.6 Å². The van der Waals surface area contributed by atoms with Crippen molar-refractivity contribution in [3.8, 4) is 0 Å². The van der Waals surface area contributed by atoms with Crippen molar-refractivity contribution in [3.05, 3.63) is 30.2 Å². The SMILES string of the molecule is CC(C)(C)NCC(=O)NCc1nnc2ccccn12. The van der Waals surface area contributed by atoms with Crippen LogP contribution in [0.5, 0.6) is 0 Å². The third kappa shape index (κ3) is 3.75. The van der Waals surface area contributed by atoms with Crippen LogP contribution in [0.15, 0.2) is 24.4 Å². The first-order chi connectivity index (χ1) is 8.96. The van der Waals surface area contributed by atoms with E-state index in [2.05, 4.69) is 20.8 Å². The largest absolute Gasteiger partial charge is 0.348 e. The van der Waals surface area contributed by atoms with Gasteiger partial charge in [-0.1, -0.05) is 6.07 Å². The van der Waals surface area contributed by atoms with Gasteiger partial charge in [-0.2, -0.15) is 0 Å². The van der Waals surface area contributed by atoms with Gasteiger partial charge in [-0.3, -0.25) is 9.20 Å². The van der Waals surface area contributed by atoms with Gasteiger partial charge in [0.25, 0.3) is 0 Å². The molecule has 0 saturated heterocycles. The highest BCUT2D eigenvalue weighted by Crippen LogP contribution is 2.02. The monoisotopic (exact) mass is 261 g/mol. The third-order valence-electron chi connectivity index (χ3n) is 2.61. The topological polar surface area (TPSA) is 71.3 Å². The molecule has 0 spiro atoms. The molecule has 6 nitrogen and oxygen atoms in total. The molecule has 19 heavy (non-hydrogen) atoms. The molecule has 0 aliphatic rings. The molecular weight excluding hydrogens is 242 g/mol. The van der Waals surface area contributed by atoms with Gasteiger partial charge < -0.3 is 10.6 Å². The molecule has 0 aromatic carbocycles. The average Bonchev–Trinajstić information content (AvgIpc) is 2.76. The molecule has 0 radical (unpaired) electrons. The summed E-state index contributed by atoms with van der Waals surface area (Å²) in [5, 5.41) is 14.0. The Kier molecular flexibility index (Phi) is 3.80. The molecule has 0 unspecified atom stereocenters. The Balaban J connectivity index is 1.90. The van der Waals surface area contributed by atoms with Crippen molar-refractivity contribution in [3.63, 3.8) is 0 Å². The zero-order chi connectivity index (χ0) is 13.9. The van der Waals surface area contributed by atoms with Crippen molar-refractivity contribution in [2.45, 2.75) is 32.9 Å². The molecule has 2 aromatic heterocycles. The fraction of sp³-hybridized carbons (Fsp3) is 0.462. The van der Waals surface area contributed by atoms with Crippen molar-refractivity contribution >= 4 is 11.6 Å². The van der Waals surface area contributed by atoms with Gasteiger partial charge in [0, 0.05) is 11.7 Å². The van der Waals surface area contributed by atoms with E-state index in [0.717, 1.165) is 11.5 Å². The Morgan fingerprint density at radius 3 is 2.84 bits per heavy atom. The molecule has 2 aromatic rings. The first kappa shape index (κ1) is 13.5. The van der Waals surface area contributed by atoms with Gasteiger partial charge in [-0.25, -0.2) is 0 Å². The number of rotatable bonds is 4. The zero-order valence-electron chi connectivity index (χ0n) is 11.5. The predicted molar refractivity (Wildman–Crippen MR) is 72.6 cm³/mol. The van der Waals surface area contributed by atoms with Gasteiger partial charge >= 0.3 is 0 Å². The minimum Gasteiger partial charge on any atom is -0.348 e. The summed E-state index contributed by atoms with van der Waals surface area (Å²) in [5.74, 6) is 0.669. The van der Waals surface area contributed by atoms with Crippen molar-refractivity contribution in [2.24, 2.45) is 0 Å². The van der Waals surface area contributed by atoms with Crippen molar-refractivity contribution in [2.75, 3.05) is 6.54 Å². The number of hydrogen-bond donors (Lipinski definition) is 2. The van der Waals surface area contributed by atoms with E-state index in [1.165, 1.54) is 0 Å². The van der Waals surface area contributed by atoms with Gasteiger partial charge in [0.1, 0.15) is 0 Å². The van der Waals surface area contributed by atoms with Gasteiger partial charge in [0.05, 0.1) is 13.1 Å². The number of nitrogens with zero attached hydrogens (tertiary/aromatic N) is 3. The van der Waals surface area contributed by atoms with E-state index in [0.29, 0.717) is 13.1 Å². The molecule has 1 amide bonds. The van der Waals surface area contributed by atoms with Gasteiger partial charge in [-0.05, 0) is 32.9 Å². The lowest BCUT2D eigenvalue weighted by Crippen LogP contribution is -2.43. The Morgan fingerprint density at radius 2 is 2.11 bits per heavy atom. The molecule has 2 rings (SSSR count). The van der Waals surface area contributed by atoms with E-state index in [1.54, 1.807) is 0 Å². The lowest BCUT2D eigenvalue weighted by atomic mass is 10.1. The molecular formula is C13H19N5O. The quantitative estimate of drug-likeness (QED) is 0.851. The zero-order valence-corrected chi connectivity index (χ0v) is 11.5. The summed E-state index contributed by atoms with van der Waals surface area (Å²) in [6, 6.07) is 5.68. The lowest BCUT2D eigenvalue weighted by molar-refractivity contribution is -0.120. The Labute approximate surface area is 112 Å². The van der Waals surface area contributed by atoms with Crippen molar-refractivity contribution < 1.29 is 4.79 Å². The molecule has 0 aliphatic carbocycles. The molecule has 0 fully saturated rings. The number of hydrogen-bond acceptors (Lipinski definition) is 4. The van der Waals surface area contributed by atoms with Crippen LogP contribution in [0, 0.1) is 0 Å². The summed E-state index contributed by atoms with van der Waals surface area (Å²) in [5.41, 5.74) is 0.707. The average molecular weight is 261 g/mol. The maximum absolute atomic E-state index is 11.7. The minimum absolute atomic E-state index is 0.0531. The number of pyridine rings is 1. The van der Waals surface area contributed by atoms with Crippen LogP contribution < -0.4 is 10.6 Å². The summed E-state index contributed by atoms with van der Waals surface area (Å²) in [6.45, 7) is 6.72. The summed E-state index contributed by atoms with van der Waals surface area (Å²) in [6.07, 6.45) is 1.88. The molecule has 2 N–H and O–H groups in total. The van der Waals surface area contributed by atoms with E-state index in [4.69, 9.17) is 0 Å². The summed E-state index contributed by atoms with van der Waals surface area (Å²) in [4.78, 5) is 11.7. The van der Waals surface area contributed by atoms with Gasteiger partial charge in [0.2, 0.25) is 5.91 Å². The standard InChI is InChI=1S/C13H19N5O/c1-13(2,3)15-9-12(19)14-8-11-17-16-10-6-4-5-7-18(10)11/h4-7,15H,8-9H2,1-3H3,(H,14,19). The van der Waals surface area contributed by atoms with Crippen LogP contribution in [0.3, 0.4) is 0 Å². The summed E-state index contributed by atoms with van der Waals surface area (Å²) in [7, 11) is 0. The minimum atomic E-state index is -0.0705. The molecule has 0 saturated carbocycles. The van der Waals surface area contributed by atoms with E-state index >= 15 is 0 Å². The van der Waals surface area contributed by atoms with Gasteiger partial charge in [0.15, 0.2) is 11.5 Å². The number of aromatic nitrogens is 3. The number of carbonyl (C=O) groups excluding carboxylic acids is 1. The van der Waals surface area contributed by atoms with Crippen LogP contribution in [-0.2, 0) is 11.3 Å². The molecule has 0 aliphatic heterocycles. The second-order valence-electron chi connectivity index (χ2n) is 5.43. The fourth-order valence-corrected chi connectivity index (χ4v) is 1.60. The first-order valence-electron chi connectivity index (χ1n) is 6.26. The van der Waals surface area contributed by atoms with Crippen molar-refractivity contribution in [1.29, 1.82) is 0 Å². The Morgan fingerprint density at radius 1 is 1.32 bits per heavy atom. The highest BCUT2D eigenvalue weighted by atomic mass is 16.1. The summed E-state index contributed by atoms with van der Waals surface area (Å²) < 4.78 is 1.86. The van der Waals surface area contributed by atoms with Crippen LogP contribution in [0.25, 0.3) is 5.65 Å². The molecule has 102 valence electrons. The smallest absolute Gasteiger partial charge is 0.234 e. The second-order valence-corrected chi connectivity index (χ2v) is 5.43. The predicted octanol–water partition coefficient (Wildman–Crippen LogP) is 0.734. The number of nitrogens with one attached hydrogen (secondary N) is 2. The van der Waals surface area contributed by atoms with E-state index in [9.17, 15) is 4.79 Å². The molecule has 2 heterocycles. The van der Waals surface area contributed by atoms with E-state index in [-0.39, 0.29) is 11.4 Å². The number of amides is 1. The normalized spacial score (nSPS) is 11.7. The summed E-state index contributed by atoms with van der Waals surface area (Å²) >= 11 is 0. The third-order valence-corrected chi connectivity index (χ3v) is 2.61. The molecule has 6 heteroatoms. The maximum Gasteiger partial charge on any atom is 0.234 e. The van der Waals surface area contributed by atoms with Crippen molar-refractivity contribution in [1.82, 2.24) is 25.2 Å². The van der Waals surface area contributed by atoms with Crippen LogP contribution >= 0.6 is 0 Å². The lowest BCUT2D eigenvalue weighted by Gasteiger charge is -2.19. The van der Waals surface area contributed by atoms with Crippen LogP contribution in [-0.4, -0.2) is 32.6 Å². The van der Waals surface area contributed by atoms with Gasteiger partial charge in [-0.15, -0.1) is 10.2 Å². The highest BCUT2D eigenvalue weighted by molar-refractivity contribution is 5.78. The fourth-order valence-electron chi connectivity index (χ4n) is 1.60. The number of carbonyl (C=O) groups is 1. The Hall–Kier alpha value is -1.95. The Bertz CT molecular complexity index is 570. The highest BCUT2D eigenvalue weighted by Gasteiger charge is 2.12. The molecule has 0 bridgehead atoms.